The average Bonchev–Trinajstić information content (AvgIpc) is 2.93. The number of halogens is 2. The lowest BCUT2D eigenvalue weighted by Gasteiger charge is -2.14. The van der Waals surface area contributed by atoms with E-state index in [2.05, 4.69) is 21.2 Å². The van der Waals surface area contributed by atoms with E-state index in [1.165, 1.54) is 4.90 Å². The lowest BCUT2D eigenvalue weighted by Crippen LogP contribution is -2.23. The molecule has 3 rings (SSSR count). The fourth-order valence-corrected chi connectivity index (χ4v) is 3.01. The van der Waals surface area contributed by atoms with Crippen LogP contribution in [0.25, 0.3) is 0 Å². The summed E-state index contributed by atoms with van der Waals surface area (Å²) in [6.07, 6.45) is -0.385. The molecule has 0 unspecified atom stereocenters. The van der Waals surface area contributed by atoms with Crippen molar-refractivity contribution >= 4 is 50.9 Å². The summed E-state index contributed by atoms with van der Waals surface area (Å²) in [5.41, 5.74) is 1.62. The summed E-state index contributed by atoms with van der Waals surface area (Å²) in [6.45, 7) is 0.860. The van der Waals surface area contributed by atoms with Crippen molar-refractivity contribution in [3.05, 3.63) is 57.5 Å². The van der Waals surface area contributed by atoms with Crippen molar-refractivity contribution < 1.29 is 14.3 Å². The minimum absolute atomic E-state index is 0.316. The first kappa shape index (κ1) is 15.8. The SMILES string of the molecule is O=C(Nc1cccc(N2CCOC2=O)c1)c1ccc(Br)cc1Cl. The maximum Gasteiger partial charge on any atom is 0.414 e. The van der Waals surface area contributed by atoms with E-state index in [4.69, 9.17) is 16.3 Å². The largest absolute Gasteiger partial charge is 0.447 e. The minimum Gasteiger partial charge on any atom is -0.447 e. The third-order valence-corrected chi connectivity index (χ3v) is 4.16. The smallest absolute Gasteiger partial charge is 0.414 e. The normalized spacial score (nSPS) is 13.8. The summed E-state index contributed by atoms with van der Waals surface area (Å²) in [5.74, 6) is -0.316. The highest BCUT2D eigenvalue weighted by Crippen LogP contribution is 2.25. The quantitative estimate of drug-likeness (QED) is 0.842. The number of carbonyl (C=O) groups excluding carboxylic acids is 2. The highest BCUT2D eigenvalue weighted by atomic mass is 79.9. The molecule has 1 aliphatic heterocycles. The molecule has 2 amide bonds. The predicted molar refractivity (Wildman–Crippen MR) is 92.2 cm³/mol. The molecule has 2 aromatic carbocycles. The Kier molecular flexibility index (Phi) is 4.54. The van der Waals surface area contributed by atoms with Crippen molar-refractivity contribution in [1.82, 2.24) is 0 Å². The van der Waals surface area contributed by atoms with E-state index in [-0.39, 0.29) is 12.0 Å². The van der Waals surface area contributed by atoms with Crippen LogP contribution in [0.2, 0.25) is 5.02 Å². The van der Waals surface area contributed by atoms with E-state index in [0.29, 0.717) is 35.1 Å². The van der Waals surface area contributed by atoms with E-state index in [0.717, 1.165) is 4.47 Å². The van der Waals surface area contributed by atoms with Crippen molar-refractivity contribution in [3.8, 4) is 0 Å². The van der Waals surface area contributed by atoms with Crippen molar-refractivity contribution in [1.29, 1.82) is 0 Å². The Labute approximate surface area is 146 Å². The van der Waals surface area contributed by atoms with Gasteiger partial charge < -0.3 is 10.1 Å². The molecule has 1 heterocycles. The van der Waals surface area contributed by atoms with Gasteiger partial charge in [-0.2, -0.15) is 0 Å². The molecule has 0 radical (unpaired) electrons. The van der Waals surface area contributed by atoms with Gasteiger partial charge in [0.15, 0.2) is 0 Å². The van der Waals surface area contributed by atoms with Crippen LogP contribution in [0.15, 0.2) is 46.9 Å². The van der Waals surface area contributed by atoms with Crippen molar-refractivity contribution in [2.75, 3.05) is 23.4 Å². The average molecular weight is 396 g/mol. The molecule has 1 N–H and O–H groups in total. The van der Waals surface area contributed by atoms with Crippen LogP contribution < -0.4 is 10.2 Å². The van der Waals surface area contributed by atoms with Gasteiger partial charge in [-0.15, -0.1) is 0 Å². The Balaban J connectivity index is 1.80. The third-order valence-electron chi connectivity index (χ3n) is 3.35. The number of benzene rings is 2. The number of nitrogens with zero attached hydrogens (tertiary/aromatic N) is 1. The second-order valence-corrected chi connectivity index (χ2v) is 6.22. The number of anilines is 2. The molecule has 0 spiro atoms. The molecule has 0 aromatic heterocycles. The lowest BCUT2D eigenvalue weighted by atomic mass is 10.2. The number of carbonyl (C=O) groups is 2. The van der Waals surface area contributed by atoms with E-state index < -0.39 is 0 Å². The zero-order valence-electron chi connectivity index (χ0n) is 11.9. The molecular formula is C16H12BrClN2O3. The second-order valence-electron chi connectivity index (χ2n) is 4.89. The molecule has 118 valence electrons. The molecule has 23 heavy (non-hydrogen) atoms. The van der Waals surface area contributed by atoms with Crippen molar-refractivity contribution in [3.63, 3.8) is 0 Å². The molecule has 7 heteroatoms. The first-order valence-corrected chi connectivity index (χ1v) is 8.02. The van der Waals surface area contributed by atoms with E-state index in [1.807, 2.05) is 0 Å². The fourth-order valence-electron chi connectivity index (χ4n) is 2.25. The highest BCUT2D eigenvalue weighted by molar-refractivity contribution is 9.10. The molecule has 0 saturated carbocycles. The number of rotatable bonds is 3. The molecule has 0 atom stereocenters. The topological polar surface area (TPSA) is 58.6 Å². The van der Waals surface area contributed by atoms with Crippen molar-refractivity contribution in [2.45, 2.75) is 0 Å². The summed E-state index contributed by atoms with van der Waals surface area (Å²) >= 11 is 9.38. The lowest BCUT2D eigenvalue weighted by molar-refractivity contribution is 0.102. The van der Waals surface area contributed by atoms with E-state index >= 15 is 0 Å². The van der Waals surface area contributed by atoms with Crippen LogP contribution in [-0.2, 0) is 4.74 Å². The van der Waals surface area contributed by atoms with Crippen LogP contribution in [-0.4, -0.2) is 25.2 Å². The fraction of sp³-hybridized carbons (Fsp3) is 0.125. The summed E-state index contributed by atoms with van der Waals surface area (Å²) in [6, 6.07) is 12.1. The Morgan fingerprint density at radius 3 is 2.78 bits per heavy atom. The van der Waals surface area contributed by atoms with Crippen molar-refractivity contribution in [2.24, 2.45) is 0 Å². The highest BCUT2D eigenvalue weighted by Gasteiger charge is 2.23. The number of hydrogen-bond acceptors (Lipinski definition) is 3. The van der Waals surface area contributed by atoms with Crippen LogP contribution >= 0.6 is 27.5 Å². The molecule has 1 aliphatic rings. The Bertz CT molecular complexity index is 782. The summed E-state index contributed by atoms with van der Waals surface area (Å²) < 4.78 is 5.71. The summed E-state index contributed by atoms with van der Waals surface area (Å²) in [5, 5.41) is 3.14. The Hall–Kier alpha value is -2.05. The van der Waals surface area contributed by atoms with Gasteiger partial charge in [-0.1, -0.05) is 33.6 Å². The second kappa shape index (κ2) is 6.60. The molecular weight excluding hydrogens is 384 g/mol. The van der Waals surface area contributed by atoms with Crippen LogP contribution in [0.4, 0.5) is 16.2 Å². The number of cyclic esters (lactones) is 1. The zero-order valence-corrected chi connectivity index (χ0v) is 14.2. The Morgan fingerprint density at radius 2 is 2.09 bits per heavy atom. The van der Waals surface area contributed by atoms with Gasteiger partial charge in [0.1, 0.15) is 6.61 Å². The van der Waals surface area contributed by atoms with Crippen LogP contribution in [0.1, 0.15) is 10.4 Å². The predicted octanol–water partition coefficient (Wildman–Crippen LogP) is 4.31. The van der Waals surface area contributed by atoms with Gasteiger partial charge >= 0.3 is 6.09 Å². The molecule has 5 nitrogen and oxygen atoms in total. The molecule has 2 aromatic rings. The number of hydrogen-bond donors (Lipinski definition) is 1. The minimum atomic E-state index is -0.385. The number of nitrogens with one attached hydrogen (secondary N) is 1. The number of amides is 2. The van der Waals surface area contributed by atoms with Gasteiger partial charge in [-0.05, 0) is 36.4 Å². The van der Waals surface area contributed by atoms with Crippen LogP contribution in [0.3, 0.4) is 0 Å². The van der Waals surface area contributed by atoms with Crippen LogP contribution in [0.5, 0.6) is 0 Å². The van der Waals surface area contributed by atoms with Gasteiger partial charge in [0.25, 0.3) is 5.91 Å². The van der Waals surface area contributed by atoms with E-state index in [1.54, 1.807) is 42.5 Å². The number of ether oxygens (including phenoxy) is 1. The maximum atomic E-state index is 12.3. The third kappa shape index (κ3) is 3.48. The van der Waals surface area contributed by atoms with Gasteiger partial charge in [-0.25, -0.2) is 4.79 Å². The van der Waals surface area contributed by atoms with Gasteiger partial charge in [-0.3, -0.25) is 9.69 Å². The molecule has 0 aliphatic carbocycles. The van der Waals surface area contributed by atoms with Gasteiger partial charge in [0.2, 0.25) is 0 Å². The summed E-state index contributed by atoms with van der Waals surface area (Å²) in [4.78, 5) is 25.4. The Morgan fingerprint density at radius 1 is 1.26 bits per heavy atom. The first-order valence-electron chi connectivity index (χ1n) is 6.85. The monoisotopic (exact) mass is 394 g/mol. The maximum absolute atomic E-state index is 12.3. The van der Waals surface area contributed by atoms with Gasteiger partial charge in [0.05, 0.1) is 17.1 Å². The molecule has 0 bridgehead atoms. The standard InChI is InChI=1S/C16H12BrClN2O3/c17-10-4-5-13(14(18)8-10)15(21)19-11-2-1-3-12(9-11)20-6-7-23-16(20)22/h1-5,8-9H,6-7H2,(H,19,21). The van der Waals surface area contributed by atoms with Gasteiger partial charge in [0, 0.05) is 15.8 Å². The van der Waals surface area contributed by atoms with E-state index in [9.17, 15) is 9.59 Å². The summed E-state index contributed by atoms with van der Waals surface area (Å²) in [7, 11) is 0. The molecule has 1 fully saturated rings. The zero-order chi connectivity index (χ0) is 16.4. The first-order chi connectivity index (χ1) is 11.0. The van der Waals surface area contributed by atoms with Crippen LogP contribution in [0, 0.1) is 0 Å². The molecule has 1 saturated heterocycles.